The number of rotatable bonds is 11. The van der Waals surface area contributed by atoms with Gasteiger partial charge >= 0.3 is 0 Å². The van der Waals surface area contributed by atoms with Crippen molar-refractivity contribution in [1.29, 1.82) is 0 Å². The zero-order valence-electron chi connectivity index (χ0n) is 17.9. The molecule has 0 saturated carbocycles. The zero-order valence-corrected chi connectivity index (χ0v) is 17.9. The molecule has 0 spiro atoms. The van der Waals surface area contributed by atoms with E-state index < -0.39 is 0 Å². The molecule has 6 heteroatoms. The molecule has 1 atom stereocenters. The van der Waals surface area contributed by atoms with E-state index in [9.17, 15) is 4.79 Å². The molecule has 2 aromatic carbocycles. The minimum Gasteiger partial charge on any atom is -0.496 e. The van der Waals surface area contributed by atoms with Gasteiger partial charge in [-0.05, 0) is 51.1 Å². The second-order valence-corrected chi connectivity index (χ2v) is 7.25. The van der Waals surface area contributed by atoms with Crippen molar-refractivity contribution in [1.82, 2.24) is 10.2 Å². The van der Waals surface area contributed by atoms with Gasteiger partial charge in [0, 0.05) is 18.7 Å². The number of nitrogens with zero attached hydrogens (tertiary/aromatic N) is 1. The number of ether oxygens (including phenoxy) is 3. The van der Waals surface area contributed by atoms with E-state index in [4.69, 9.17) is 14.2 Å². The SMILES string of the molecule is CCOCCOc1ccccc1C(=O)NCC(c1ccccc1OC)N1CCCC1. The highest BCUT2D eigenvalue weighted by Crippen LogP contribution is 2.31. The molecule has 1 N–H and O–H groups in total. The van der Waals surface area contributed by atoms with Crippen molar-refractivity contribution in [2.75, 3.05) is 46.6 Å². The number of methoxy groups -OCH3 is 1. The molecule has 1 fully saturated rings. The van der Waals surface area contributed by atoms with Crippen LogP contribution < -0.4 is 14.8 Å². The Kier molecular flexibility index (Phi) is 8.53. The van der Waals surface area contributed by atoms with Crippen molar-refractivity contribution in [3.05, 3.63) is 59.7 Å². The molecule has 1 aliphatic heterocycles. The molecule has 2 aromatic rings. The third kappa shape index (κ3) is 5.74. The van der Waals surface area contributed by atoms with Crippen LogP contribution in [0.3, 0.4) is 0 Å². The first-order chi connectivity index (χ1) is 14.7. The number of nitrogens with one attached hydrogen (secondary N) is 1. The first kappa shape index (κ1) is 22.1. The average Bonchev–Trinajstić information content (AvgIpc) is 3.32. The van der Waals surface area contributed by atoms with Crippen molar-refractivity contribution in [2.24, 2.45) is 0 Å². The Morgan fingerprint density at radius 1 is 1.03 bits per heavy atom. The minimum atomic E-state index is -0.138. The summed E-state index contributed by atoms with van der Waals surface area (Å²) in [5, 5.41) is 3.12. The molecular weight excluding hydrogens is 380 g/mol. The fraction of sp³-hybridized carbons (Fsp3) is 0.458. The lowest BCUT2D eigenvalue weighted by Crippen LogP contribution is -2.37. The van der Waals surface area contributed by atoms with Crippen LogP contribution >= 0.6 is 0 Å². The summed E-state index contributed by atoms with van der Waals surface area (Å²) in [5.74, 6) is 1.29. The first-order valence-electron chi connectivity index (χ1n) is 10.7. The second kappa shape index (κ2) is 11.6. The monoisotopic (exact) mass is 412 g/mol. The topological polar surface area (TPSA) is 60.0 Å². The van der Waals surface area contributed by atoms with Gasteiger partial charge in [0.25, 0.3) is 5.91 Å². The van der Waals surface area contributed by atoms with Gasteiger partial charge in [-0.25, -0.2) is 0 Å². The van der Waals surface area contributed by atoms with Gasteiger partial charge in [0.1, 0.15) is 18.1 Å². The van der Waals surface area contributed by atoms with E-state index in [1.807, 2.05) is 43.3 Å². The molecule has 0 aromatic heterocycles. The van der Waals surface area contributed by atoms with Crippen molar-refractivity contribution >= 4 is 5.91 Å². The third-order valence-electron chi connectivity index (χ3n) is 5.36. The standard InChI is InChI=1S/C24H32N2O4/c1-3-29-16-17-30-23-13-7-5-11-20(23)24(27)25-18-21(26-14-8-9-15-26)19-10-4-6-12-22(19)28-2/h4-7,10-13,21H,3,8-9,14-18H2,1-2H3,(H,25,27). The van der Waals surface area contributed by atoms with Crippen LogP contribution in [0.2, 0.25) is 0 Å². The van der Waals surface area contributed by atoms with Gasteiger partial charge in [0.05, 0.1) is 25.3 Å². The highest BCUT2D eigenvalue weighted by Gasteiger charge is 2.26. The molecule has 0 aliphatic carbocycles. The number of hydrogen-bond acceptors (Lipinski definition) is 5. The van der Waals surface area contributed by atoms with E-state index >= 15 is 0 Å². The Bertz CT molecular complexity index is 805. The largest absolute Gasteiger partial charge is 0.496 e. The molecule has 162 valence electrons. The predicted octanol–water partition coefficient (Wildman–Crippen LogP) is 3.68. The maximum atomic E-state index is 13.0. The maximum absolute atomic E-state index is 13.0. The van der Waals surface area contributed by atoms with Gasteiger partial charge < -0.3 is 19.5 Å². The van der Waals surface area contributed by atoms with Crippen LogP contribution in [0.15, 0.2) is 48.5 Å². The van der Waals surface area contributed by atoms with Crippen LogP contribution in [0.25, 0.3) is 0 Å². The number of carbonyl (C=O) groups excluding carboxylic acids is 1. The van der Waals surface area contributed by atoms with Gasteiger partial charge in [-0.3, -0.25) is 9.69 Å². The van der Waals surface area contributed by atoms with Gasteiger partial charge in [-0.1, -0.05) is 30.3 Å². The van der Waals surface area contributed by atoms with E-state index in [0.717, 1.165) is 24.4 Å². The minimum absolute atomic E-state index is 0.0682. The molecule has 3 rings (SSSR count). The quantitative estimate of drug-likeness (QED) is 0.571. The fourth-order valence-corrected chi connectivity index (χ4v) is 3.85. The maximum Gasteiger partial charge on any atom is 0.255 e. The smallest absolute Gasteiger partial charge is 0.255 e. The highest BCUT2D eigenvalue weighted by atomic mass is 16.5. The number of likely N-dealkylation sites (tertiary alicyclic amines) is 1. The van der Waals surface area contributed by atoms with E-state index in [2.05, 4.69) is 16.3 Å². The fourth-order valence-electron chi connectivity index (χ4n) is 3.85. The van der Waals surface area contributed by atoms with Crippen LogP contribution in [-0.4, -0.2) is 57.4 Å². The average molecular weight is 413 g/mol. The van der Waals surface area contributed by atoms with E-state index in [1.54, 1.807) is 13.2 Å². The Morgan fingerprint density at radius 2 is 1.73 bits per heavy atom. The van der Waals surface area contributed by atoms with Crippen LogP contribution in [0.4, 0.5) is 0 Å². The van der Waals surface area contributed by atoms with Crippen molar-refractivity contribution in [2.45, 2.75) is 25.8 Å². The second-order valence-electron chi connectivity index (χ2n) is 7.25. The number of hydrogen-bond donors (Lipinski definition) is 1. The lowest BCUT2D eigenvalue weighted by atomic mass is 10.0. The first-order valence-corrected chi connectivity index (χ1v) is 10.7. The van der Waals surface area contributed by atoms with Crippen molar-refractivity contribution in [3.8, 4) is 11.5 Å². The molecule has 1 unspecified atom stereocenters. The summed E-state index contributed by atoms with van der Waals surface area (Å²) >= 11 is 0. The summed E-state index contributed by atoms with van der Waals surface area (Å²) in [4.78, 5) is 15.4. The Morgan fingerprint density at radius 3 is 2.47 bits per heavy atom. The molecule has 0 radical (unpaired) electrons. The number of amides is 1. The molecule has 1 saturated heterocycles. The number of para-hydroxylation sites is 2. The highest BCUT2D eigenvalue weighted by molar-refractivity contribution is 5.96. The van der Waals surface area contributed by atoms with E-state index in [0.29, 0.717) is 37.7 Å². The lowest BCUT2D eigenvalue weighted by molar-refractivity contribution is 0.0921. The predicted molar refractivity (Wildman–Crippen MR) is 117 cm³/mol. The van der Waals surface area contributed by atoms with Gasteiger partial charge in [0.2, 0.25) is 0 Å². The van der Waals surface area contributed by atoms with Crippen LogP contribution in [0, 0.1) is 0 Å². The Hall–Kier alpha value is -2.57. The zero-order chi connectivity index (χ0) is 21.2. The summed E-state index contributed by atoms with van der Waals surface area (Å²) in [6, 6.07) is 15.4. The van der Waals surface area contributed by atoms with Gasteiger partial charge in [-0.2, -0.15) is 0 Å². The van der Waals surface area contributed by atoms with Crippen LogP contribution in [-0.2, 0) is 4.74 Å². The normalized spacial score (nSPS) is 15.0. The summed E-state index contributed by atoms with van der Waals surface area (Å²) in [7, 11) is 1.69. The summed E-state index contributed by atoms with van der Waals surface area (Å²) in [6.45, 7) is 6.05. The molecule has 1 amide bonds. The molecule has 1 heterocycles. The van der Waals surface area contributed by atoms with Crippen LogP contribution in [0.5, 0.6) is 11.5 Å². The number of carbonyl (C=O) groups is 1. The summed E-state index contributed by atoms with van der Waals surface area (Å²) in [6.07, 6.45) is 2.35. The van der Waals surface area contributed by atoms with Crippen molar-refractivity contribution < 1.29 is 19.0 Å². The van der Waals surface area contributed by atoms with E-state index in [-0.39, 0.29) is 11.9 Å². The summed E-state index contributed by atoms with van der Waals surface area (Å²) < 4.78 is 16.7. The molecule has 6 nitrogen and oxygen atoms in total. The van der Waals surface area contributed by atoms with Crippen molar-refractivity contribution in [3.63, 3.8) is 0 Å². The van der Waals surface area contributed by atoms with Crippen LogP contribution in [0.1, 0.15) is 41.7 Å². The molecule has 30 heavy (non-hydrogen) atoms. The Labute approximate surface area is 179 Å². The van der Waals surface area contributed by atoms with Gasteiger partial charge in [0.15, 0.2) is 0 Å². The summed E-state index contributed by atoms with van der Waals surface area (Å²) in [5.41, 5.74) is 1.64. The number of benzene rings is 2. The molecular formula is C24H32N2O4. The Balaban J connectivity index is 1.70. The third-order valence-corrected chi connectivity index (χ3v) is 5.36. The molecule has 1 aliphatic rings. The lowest BCUT2D eigenvalue weighted by Gasteiger charge is -2.29. The molecule has 0 bridgehead atoms. The van der Waals surface area contributed by atoms with Gasteiger partial charge in [-0.15, -0.1) is 0 Å². The van der Waals surface area contributed by atoms with E-state index in [1.165, 1.54) is 12.8 Å².